The molecule has 1 aromatic heterocycles. The monoisotopic (exact) mass is 422 g/mol. The number of aromatic nitrogens is 3. The lowest BCUT2D eigenvalue weighted by atomic mass is 10.2. The standard InChI is InChI=1S/C19H27ClN6O3/c20-16-3-1-15(2-4-16)17-23-18(22-6-10-28-14-13-27-9-5-21)25-19(24-17)26-7-11-29-12-8-26/h1-4H,5-14,21H2,(H,22,23,24,25). The highest BCUT2D eigenvalue weighted by atomic mass is 35.5. The lowest BCUT2D eigenvalue weighted by molar-refractivity contribution is 0.0547. The molecule has 3 N–H and O–H groups in total. The van der Waals surface area contributed by atoms with Gasteiger partial charge in [0.15, 0.2) is 5.82 Å². The molecule has 2 aromatic rings. The van der Waals surface area contributed by atoms with Crippen LogP contribution in [-0.4, -0.2) is 80.8 Å². The minimum Gasteiger partial charge on any atom is -0.378 e. The van der Waals surface area contributed by atoms with Crippen LogP contribution in [0.15, 0.2) is 24.3 Å². The van der Waals surface area contributed by atoms with E-state index in [1.165, 1.54) is 0 Å². The van der Waals surface area contributed by atoms with Crippen LogP contribution >= 0.6 is 11.6 Å². The van der Waals surface area contributed by atoms with Crippen LogP contribution in [0.5, 0.6) is 0 Å². The van der Waals surface area contributed by atoms with Crippen LogP contribution in [0.25, 0.3) is 11.4 Å². The van der Waals surface area contributed by atoms with Crippen LogP contribution in [0.2, 0.25) is 5.02 Å². The zero-order valence-corrected chi connectivity index (χ0v) is 17.1. The van der Waals surface area contributed by atoms with Gasteiger partial charge in [0.25, 0.3) is 0 Å². The highest BCUT2D eigenvalue weighted by Crippen LogP contribution is 2.22. The fourth-order valence-corrected chi connectivity index (χ4v) is 2.84. The van der Waals surface area contributed by atoms with E-state index in [9.17, 15) is 0 Å². The van der Waals surface area contributed by atoms with Gasteiger partial charge < -0.3 is 30.2 Å². The lowest BCUT2D eigenvalue weighted by Crippen LogP contribution is -2.37. The Kier molecular flexibility index (Phi) is 8.84. The summed E-state index contributed by atoms with van der Waals surface area (Å²) in [7, 11) is 0. The predicted octanol–water partition coefficient (Wildman–Crippen LogP) is 1.43. The van der Waals surface area contributed by atoms with Gasteiger partial charge in [-0.15, -0.1) is 0 Å². The second kappa shape index (κ2) is 11.8. The first kappa shape index (κ1) is 21.7. The Labute approximate surface area is 175 Å². The zero-order valence-electron chi connectivity index (χ0n) is 16.3. The number of nitrogens with two attached hydrogens (primary N) is 1. The molecule has 1 aliphatic heterocycles. The summed E-state index contributed by atoms with van der Waals surface area (Å²) in [5, 5.41) is 3.88. The number of hydrogen-bond donors (Lipinski definition) is 2. The van der Waals surface area contributed by atoms with E-state index in [0.29, 0.717) is 75.5 Å². The normalized spacial score (nSPS) is 14.2. The fourth-order valence-electron chi connectivity index (χ4n) is 2.72. The van der Waals surface area contributed by atoms with Crippen molar-refractivity contribution in [1.82, 2.24) is 15.0 Å². The van der Waals surface area contributed by atoms with Crippen LogP contribution in [0.1, 0.15) is 0 Å². The minimum atomic E-state index is 0.509. The zero-order chi connectivity index (χ0) is 20.3. The Morgan fingerprint density at radius 2 is 1.72 bits per heavy atom. The number of halogens is 1. The Morgan fingerprint density at radius 3 is 2.45 bits per heavy atom. The van der Waals surface area contributed by atoms with Gasteiger partial charge in [-0.3, -0.25) is 0 Å². The Hall–Kier alpha value is -2.04. The van der Waals surface area contributed by atoms with Gasteiger partial charge in [0.05, 0.1) is 39.6 Å². The van der Waals surface area contributed by atoms with Crippen molar-refractivity contribution in [1.29, 1.82) is 0 Å². The van der Waals surface area contributed by atoms with Gasteiger partial charge in [-0.2, -0.15) is 15.0 Å². The molecule has 0 atom stereocenters. The third-order valence-corrected chi connectivity index (χ3v) is 4.44. The van der Waals surface area contributed by atoms with E-state index in [2.05, 4.69) is 25.2 Å². The summed E-state index contributed by atoms with van der Waals surface area (Å²) in [5.74, 6) is 1.73. The van der Waals surface area contributed by atoms with Gasteiger partial charge in [0, 0.05) is 36.8 Å². The summed E-state index contributed by atoms with van der Waals surface area (Å²) in [6, 6.07) is 7.44. The maximum absolute atomic E-state index is 6.00. The van der Waals surface area contributed by atoms with Crippen LogP contribution < -0.4 is 16.0 Å². The quantitative estimate of drug-likeness (QED) is 0.520. The molecule has 1 aliphatic rings. The molecule has 0 amide bonds. The first-order chi connectivity index (χ1) is 14.3. The molecule has 3 rings (SSSR count). The third-order valence-electron chi connectivity index (χ3n) is 4.18. The first-order valence-corrected chi connectivity index (χ1v) is 10.1. The number of nitrogens with zero attached hydrogens (tertiary/aromatic N) is 4. The van der Waals surface area contributed by atoms with Crippen molar-refractivity contribution >= 4 is 23.5 Å². The molecule has 158 valence electrons. The molecule has 0 unspecified atom stereocenters. The van der Waals surface area contributed by atoms with Gasteiger partial charge >= 0.3 is 0 Å². The largest absolute Gasteiger partial charge is 0.378 e. The van der Waals surface area contributed by atoms with Crippen molar-refractivity contribution in [2.24, 2.45) is 5.73 Å². The van der Waals surface area contributed by atoms with Crippen molar-refractivity contribution in [3.63, 3.8) is 0 Å². The number of anilines is 2. The van der Waals surface area contributed by atoms with Crippen molar-refractivity contribution in [2.45, 2.75) is 0 Å². The van der Waals surface area contributed by atoms with Crippen molar-refractivity contribution in [3.8, 4) is 11.4 Å². The van der Waals surface area contributed by atoms with Gasteiger partial charge in [-0.1, -0.05) is 11.6 Å². The molecule has 10 heteroatoms. The minimum absolute atomic E-state index is 0.509. The smallest absolute Gasteiger partial charge is 0.230 e. The van der Waals surface area contributed by atoms with E-state index in [4.69, 9.17) is 31.5 Å². The van der Waals surface area contributed by atoms with Gasteiger partial charge in [0.1, 0.15) is 0 Å². The highest BCUT2D eigenvalue weighted by molar-refractivity contribution is 6.30. The predicted molar refractivity (Wildman–Crippen MR) is 112 cm³/mol. The van der Waals surface area contributed by atoms with E-state index >= 15 is 0 Å². The number of ether oxygens (including phenoxy) is 3. The van der Waals surface area contributed by atoms with Crippen LogP contribution in [0.3, 0.4) is 0 Å². The number of benzene rings is 1. The van der Waals surface area contributed by atoms with E-state index in [0.717, 1.165) is 18.7 Å². The molecule has 0 bridgehead atoms. The summed E-state index contributed by atoms with van der Waals surface area (Å²) >= 11 is 6.00. The summed E-state index contributed by atoms with van der Waals surface area (Å²) in [4.78, 5) is 15.9. The molecule has 1 aromatic carbocycles. The molecule has 1 saturated heterocycles. The molecule has 0 radical (unpaired) electrons. The lowest BCUT2D eigenvalue weighted by Gasteiger charge is -2.27. The maximum Gasteiger partial charge on any atom is 0.230 e. The molecular weight excluding hydrogens is 396 g/mol. The van der Waals surface area contributed by atoms with Crippen LogP contribution in [-0.2, 0) is 14.2 Å². The molecule has 9 nitrogen and oxygen atoms in total. The third kappa shape index (κ3) is 7.06. The summed E-state index contributed by atoms with van der Waals surface area (Å²) in [6.07, 6.45) is 0. The Bertz CT molecular complexity index is 743. The summed E-state index contributed by atoms with van der Waals surface area (Å²) in [5.41, 5.74) is 6.25. The van der Waals surface area contributed by atoms with Gasteiger partial charge in [-0.25, -0.2) is 0 Å². The van der Waals surface area contributed by atoms with Crippen molar-refractivity contribution in [2.75, 3.05) is 76.0 Å². The van der Waals surface area contributed by atoms with E-state index in [1.807, 2.05) is 24.3 Å². The van der Waals surface area contributed by atoms with E-state index in [1.54, 1.807) is 0 Å². The van der Waals surface area contributed by atoms with E-state index < -0.39 is 0 Å². The fraction of sp³-hybridized carbons (Fsp3) is 0.526. The van der Waals surface area contributed by atoms with Crippen LogP contribution in [0.4, 0.5) is 11.9 Å². The maximum atomic E-state index is 6.00. The average molecular weight is 423 g/mol. The van der Waals surface area contributed by atoms with Gasteiger partial charge in [-0.05, 0) is 24.3 Å². The molecule has 29 heavy (non-hydrogen) atoms. The molecular formula is C19H27ClN6O3. The van der Waals surface area contributed by atoms with E-state index in [-0.39, 0.29) is 0 Å². The number of hydrogen-bond acceptors (Lipinski definition) is 9. The molecule has 0 aliphatic carbocycles. The van der Waals surface area contributed by atoms with Crippen molar-refractivity contribution in [3.05, 3.63) is 29.3 Å². The number of nitrogens with one attached hydrogen (secondary N) is 1. The molecule has 2 heterocycles. The Balaban J connectivity index is 1.63. The highest BCUT2D eigenvalue weighted by Gasteiger charge is 2.17. The average Bonchev–Trinajstić information content (AvgIpc) is 2.76. The molecule has 0 spiro atoms. The van der Waals surface area contributed by atoms with Crippen molar-refractivity contribution < 1.29 is 14.2 Å². The topological polar surface area (TPSA) is 108 Å². The summed E-state index contributed by atoms with van der Waals surface area (Å²) < 4.78 is 16.2. The number of morpholine rings is 1. The molecule has 1 fully saturated rings. The second-order valence-electron chi connectivity index (χ2n) is 6.33. The van der Waals surface area contributed by atoms with Gasteiger partial charge in [0.2, 0.25) is 11.9 Å². The second-order valence-corrected chi connectivity index (χ2v) is 6.77. The number of rotatable bonds is 11. The SMILES string of the molecule is NCCOCCOCCNc1nc(-c2ccc(Cl)cc2)nc(N2CCOCC2)n1. The molecule has 0 saturated carbocycles. The Morgan fingerprint density at radius 1 is 1.00 bits per heavy atom. The first-order valence-electron chi connectivity index (χ1n) is 9.70. The summed E-state index contributed by atoms with van der Waals surface area (Å²) in [6.45, 7) is 6.01. The van der Waals surface area contributed by atoms with Crippen LogP contribution in [0, 0.1) is 0 Å².